The van der Waals surface area contributed by atoms with Crippen molar-refractivity contribution in [1.29, 1.82) is 0 Å². The van der Waals surface area contributed by atoms with E-state index in [1.807, 2.05) is 29.6 Å². The molecule has 0 radical (unpaired) electrons. The largest absolute Gasteiger partial charge is 0.392 e. The minimum absolute atomic E-state index is 0.295. The highest BCUT2D eigenvalue weighted by Crippen LogP contribution is 2.27. The molecule has 106 valence electrons. The van der Waals surface area contributed by atoms with Crippen LogP contribution in [0, 0.1) is 5.82 Å². The third-order valence-electron chi connectivity index (χ3n) is 3.25. The molecule has 0 amide bonds. The fourth-order valence-electron chi connectivity index (χ4n) is 2.13. The van der Waals surface area contributed by atoms with Gasteiger partial charge in [-0.2, -0.15) is 0 Å². The van der Waals surface area contributed by atoms with Crippen LogP contribution in [-0.4, -0.2) is 10.1 Å². The van der Waals surface area contributed by atoms with E-state index in [0.29, 0.717) is 10.7 Å². The molecule has 0 saturated heterocycles. The van der Waals surface area contributed by atoms with Gasteiger partial charge in [0.2, 0.25) is 0 Å². The van der Waals surface area contributed by atoms with Gasteiger partial charge in [0, 0.05) is 16.5 Å². The van der Waals surface area contributed by atoms with Crippen molar-refractivity contribution in [3.63, 3.8) is 0 Å². The molecule has 0 fully saturated rings. The van der Waals surface area contributed by atoms with Crippen molar-refractivity contribution in [2.24, 2.45) is 0 Å². The Morgan fingerprint density at radius 2 is 1.71 bits per heavy atom. The smallest absolute Gasteiger partial charge is 0.180 e. The number of halogens is 1. The van der Waals surface area contributed by atoms with Gasteiger partial charge in [-0.1, -0.05) is 30.3 Å². The Morgan fingerprint density at radius 3 is 2.33 bits per heavy atom. The molecule has 0 aliphatic carbocycles. The fraction of sp³-hybridized carbons (Fsp3) is 0.0625. The van der Waals surface area contributed by atoms with E-state index in [0.717, 1.165) is 22.4 Å². The molecule has 1 aromatic heterocycles. The van der Waals surface area contributed by atoms with Crippen molar-refractivity contribution in [2.75, 3.05) is 5.73 Å². The molecule has 3 aromatic rings. The van der Waals surface area contributed by atoms with Crippen molar-refractivity contribution >= 4 is 16.5 Å². The van der Waals surface area contributed by atoms with Crippen LogP contribution in [0.2, 0.25) is 0 Å². The van der Waals surface area contributed by atoms with Crippen LogP contribution in [-0.2, 0) is 6.61 Å². The number of hydrogen-bond donors (Lipinski definition) is 2. The van der Waals surface area contributed by atoms with E-state index < -0.39 is 5.82 Å². The van der Waals surface area contributed by atoms with Crippen LogP contribution < -0.4 is 5.73 Å². The molecule has 3 N–H and O–H groups in total. The first-order chi connectivity index (χ1) is 10.2. The average Bonchev–Trinajstić information content (AvgIpc) is 2.94. The van der Waals surface area contributed by atoms with Crippen LogP contribution in [0.5, 0.6) is 0 Å². The van der Waals surface area contributed by atoms with Gasteiger partial charge >= 0.3 is 0 Å². The number of hydrogen-bond acceptors (Lipinski definition) is 4. The Labute approximate surface area is 125 Å². The summed E-state index contributed by atoms with van der Waals surface area (Å²) in [7, 11) is 0. The second kappa shape index (κ2) is 5.63. The van der Waals surface area contributed by atoms with Gasteiger partial charge in [0.15, 0.2) is 5.13 Å². The predicted molar refractivity (Wildman–Crippen MR) is 83.3 cm³/mol. The standard InChI is InChI=1S/C16H13FN2OS/c17-14-6-5-12(7-13(14)8-20)10-1-3-11(4-2-10)15-9-21-16(18)19-15/h1-7,9,20H,8H2,(H2,18,19). The number of thiazole rings is 1. The van der Waals surface area contributed by atoms with Crippen LogP contribution in [0.4, 0.5) is 9.52 Å². The highest BCUT2D eigenvalue weighted by Gasteiger charge is 2.06. The van der Waals surface area contributed by atoms with E-state index in [4.69, 9.17) is 10.8 Å². The minimum Gasteiger partial charge on any atom is -0.392 e. The molecule has 0 unspecified atom stereocenters. The molecule has 5 heteroatoms. The second-order valence-corrected chi connectivity index (χ2v) is 5.50. The Morgan fingerprint density at radius 1 is 1.05 bits per heavy atom. The third kappa shape index (κ3) is 2.79. The predicted octanol–water partition coefficient (Wildman–Crippen LogP) is 3.69. The van der Waals surface area contributed by atoms with Crippen molar-refractivity contribution in [1.82, 2.24) is 4.98 Å². The summed E-state index contributed by atoms with van der Waals surface area (Å²) >= 11 is 1.40. The molecule has 21 heavy (non-hydrogen) atoms. The topological polar surface area (TPSA) is 59.1 Å². The molecule has 0 spiro atoms. The van der Waals surface area contributed by atoms with Gasteiger partial charge in [-0.3, -0.25) is 0 Å². The SMILES string of the molecule is Nc1nc(-c2ccc(-c3ccc(F)c(CO)c3)cc2)cs1. The van der Waals surface area contributed by atoms with Crippen molar-refractivity contribution in [2.45, 2.75) is 6.61 Å². The van der Waals surface area contributed by atoms with E-state index in [1.165, 1.54) is 17.4 Å². The van der Waals surface area contributed by atoms with Gasteiger partial charge in [0.25, 0.3) is 0 Å². The van der Waals surface area contributed by atoms with Crippen molar-refractivity contribution in [3.05, 3.63) is 59.2 Å². The number of benzene rings is 2. The normalized spacial score (nSPS) is 10.8. The number of aliphatic hydroxyl groups is 1. The van der Waals surface area contributed by atoms with Gasteiger partial charge in [0.1, 0.15) is 5.82 Å². The molecule has 0 aliphatic heterocycles. The fourth-order valence-corrected chi connectivity index (χ4v) is 2.70. The summed E-state index contributed by atoms with van der Waals surface area (Å²) in [5, 5.41) is 11.6. The summed E-state index contributed by atoms with van der Waals surface area (Å²) < 4.78 is 13.4. The molecule has 0 atom stereocenters. The van der Waals surface area contributed by atoms with Crippen LogP contribution >= 0.6 is 11.3 Å². The first-order valence-corrected chi connectivity index (χ1v) is 7.26. The lowest BCUT2D eigenvalue weighted by Gasteiger charge is -2.06. The highest BCUT2D eigenvalue weighted by atomic mass is 32.1. The number of aliphatic hydroxyl groups excluding tert-OH is 1. The molecule has 0 saturated carbocycles. The molecule has 0 aliphatic rings. The number of aromatic nitrogens is 1. The quantitative estimate of drug-likeness (QED) is 0.775. The molecular weight excluding hydrogens is 287 g/mol. The summed E-state index contributed by atoms with van der Waals surface area (Å²) in [5.41, 5.74) is 9.58. The number of anilines is 1. The Balaban J connectivity index is 1.94. The van der Waals surface area contributed by atoms with Crippen molar-refractivity contribution in [3.8, 4) is 22.4 Å². The second-order valence-electron chi connectivity index (χ2n) is 4.61. The van der Waals surface area contributed by atoms with E-state index in [9.17, 15) is 4.39 Å². The Kier molecular flexibility index (Phi) is 3.68. The summed E-state index contributed by atoms with van der Waals surface area (Å²) in [6.45, 7) is -0.310. The van der Waals surface area contributed by atoms with Crippen molar-refractivity contribution < 1.29 is 9.50 Å². The summed E-state index contributed by atoms with van der Waals surface area (Å²) in [6, 6.07) is 12.5. The minimum atomic E-state index is -0.393. The molecule has 0 bridgehead atoms. The maximum absolute atomic E-state index is 13.4. The number of nitrogens with zero attached hydrogens (tertiary/aromatic N) is 1. The van der Waals surface area contributed by atoms with Crippen LogP contribution in [0.15, 0.2) is 47.8 Å². The zero-order chi connectivity index (χ0) is 14.8. The van der Waals surface area contributed by atoms with Gasteiger partial charge in [-0.15, -0.1) is 11.3 Å². The van der Waals surface area contributed by atoms with Crippen LogP contribution in [0.3, 0.4) is 0 Å². The molecule has 3 nitrogen and oxygen atoms in total. The van der Waals surface area contributed by atoms with Gasteiger partial charge in [-0.05, 0) is 23.3 Å². The zero-order valence-corrected chi connectivity index (χ0v) is 11.9. The van der Waals surface area contributed by atoms with E-state index in [-0.39, 0.29) is 6.61 Å². The summed E-state index contributed by atoms with van der Waals surface area (Å²) in [4.78, 5) is 4.24. The zero-order valence-electron chi connectivity index (χ0n) is 11.1. The lowest BCUT2D eigenvalue weighted by molar-refractivity contribution is 0.276. The van der Waals surface area contributed by atoms with Gasteiger partial charge in [-0.25, -0.2) is 9.37 Å². The average molecular weight is 300 g/mol. The Hall–Kier alpha value is -2.24. The van der Waals surface area contributed by atoms with E-state index in [1.54, 1.807) is 12.1 Å². The number of nitrogen functional groups attached to an aromatic ring is 1. The lowest BCUT2D eigenvalue weighted by Crippen LogP contribution is -1.90. The maximum Gasteiger partial charge on any atom is 0.180 e. The van der Waals surface area contributed by atoms with Gasteiger partial charge < -0.3 is 10.8 Å². The first kappa shape index (κ1) is 13.7. The molecule has 1 heterocycles. The van der Waals surface area contributed by atoms with E-state index in [2.05, 4.69) is 4.98 Å². The van der Waals surface area contributed by atoms with E-state index >= 15 is 0 Å². The third-order valence-corrected chi connectivity index (χ3v) is 3.93. The van der Waals surface area contributed by atoms with Crippen LogP contribution in [0.1, 0.15) is 5.56 Å². The van der Waals surface area contributed by atoms with Gasteiger partial charge in [0.05, 0.1) is 12.3 Å². The molecule has 2 aromatic carbocycles. The highest BCUT2D eigenvalue weighted by molar-refractivity contribution is 7.13. The number of rotatable bonds is 3. The first-order valence-electron chi connectivity index (χ1n) is 6.38. The Bertz CT molecular complexity index is 768. The molecule has 3 rings (SSSR count). The lowest BCUT2D eigenvalue weighted by atomic mass is 10.0. The number of nitrogens with two attached hydrogens (primary N) is 1. The molecular formula is C16H13FN2OS. The van der Waals surface area contributed by atoms with Crippen LogP contribution in [0.25, 0.3) is 22.4 Å². The monoisotopic (exact) mass is 300 g/mol. The summed E-state index contributed by atoms with van der Waals surface area (Å²) in [5.74, 6) is -0.393. The summed E-state index contributed by atoms with van der Waals surface area (Å²) in [6.07, 6.45) is 0. The maximum atomic E-state index is 13.4.